The second-order valence-electron chi connectivity index (χ2n) is 0.735. The molecule has 0 saturated carbocycles. The van der Waals surface area contributed by atoms with Crippen LogP contribution in [0.3, 0.4) is 0 Å². The van der Waals surface area contributed by atoms with Gasteiger partial charge >= 0.3 is 50.4 Å². The third-order valence-electron chi connectivity index (χ3n) is 0.214. The van der Waals surface area contributed by atoms with E-state index in [-0.39, 0.29) is 0 Å². The fourth-order valence-electron chi connectivity index (χ4n) is 0.0915. The number of rotatable bonds is 2. The van der Waals surface area contributed by atoms with Crippen LogP contribution in [0.25, 0.3) is 0 Å². The predicted octanol–water partition coefficient (Wildman–Crippen LogP) is -0.221. The van der Waals surface area contributed by atoms with Crippen LogP contribution in [0.2, 0.25) is 0 Å². The third-order valence-corrected chi connectivity index (χ3v) is 1.88. The average molecular weight is 300 g/mol. The van der Waals surface area contributed by atoms with E-state index in [0.717, 1.165) is 0 Å². The molecule has 0 heterocycles. The van der Waals surface area contributed by atoms with Crippen molar-refractivity contribution in [3.05, 3.63) is 0 Å². The molecular weight excluding hydrogens is 297 g/mol. The first kappa shape index (κ1) is 6.82. The Kier molecular flexibility index (Phi) is 2.84. The summed E-state index contributed by atoms with van der Waals surface area (Å²) in [5.41, 5.74) is 0. The van der Waals surface area contributed by atoms with Gasteiger partial charge in [-0.3, -0.25) is 0 Å². The molecule has 0 unspecified atom stereocenters. The standard InChI is InChI=1S/2CHO2.Bi.H/c2*2-1-3;;/h2*(H,2,3);;. The van der Waals surface area contributed by atoms with Gasteiger partial charge in [-0.2, -0.15) is 0 Å². The first-order chi connectivity index (χ1) is 3.13. The molecule has 0 aromatic rings. The molecule has 4 nitrogen and oxygen atoms in total. The first-order valence-electron chi connectivity index (χ1n) is 1.36. The average Bonchev–Trinajstić information content (AvgIpc) is 1.27. The van der Waals surface area contributed by atoms with E-state index in [1.807, 2.05) is 0 Å². The maximum atomic E-state index is 9.52. The molecule has 0 aliphatic rings. The molecule has 0 aliphatic heterocycles. The fraction of sp³-hybridized carbons (Fsp3) is 0. The Labute approximate surface area is 50.7 Å². The first-order valence-corrected chi connectivity index (χ1v) is 5.24. The zero-order valence-corrected chi connectivity index (χ0v) is 7.10. The van der Waals surface area contributed by atoms with E-state index in [1.165, 1.54) is 0 Å². The SMILES string of the molecule is O=[C](O)[BiH][C](=O)O. The second-order valence-corrected chi connectivity index (χ2v) is 5.03. The van der Waals surface area contributed by atoms with Crippen LogP contribution in [-0.4, -0.2) is 40.8 Å². The zero-order chi connectivity index (χ0) is 5.86. The van der Waals surface area contributed by atoms with Crippen LogP contribution in [-0.2, 0) is 0 Å². The Morgan fingerprint density at radius 3 is 1.43 bits per heavy atom. The molecule has 0 atom stereocenters. The van der Waals surface area contributed by atoms with Gasteiger partial charge in [0.25, 0.3) is 0 Å². The number of hydrogen-bond acceptors (Lipinski definition) is 2. The van der Waals surface area contributed by atoms with Crippen LogP contribution in [0.5, 0.6) is 0 Å². The number of carboxylic acid groups (broad SMARTS) is 2. The Bertz CT molecular complexity index is 85.9. The van der Waals surface area contributed by atoms with Gasteiger partial charge in [-0.15, -0.1) is 0 Å². The summed E-state index contributed by atoms with van der Waals surface area (Å²) in [4.78, 5) is 19.0. The molecule has 2 N–H and O–H groups in total. The molecule has 7 heavy (non-hydrogen) atoms. The van der Waals surface area contributed by atoms with Crippen molar-refractivity contribution in [1.29, 1.82) is 0 Å². The van der Waals surface area contributed by atoms with E-state index in [0.29, 0.717) is 0 Å². The Hall–Kier alpha value is -0.177. The van der Waals surface area contributed by atoms with E-state index < -0.39 is 30.6 Å². The summed E-state index contributed by atoms with van der Waals surface area (Å²) in [6, 6.07) is 0. The van der Waals surface area contributed by atoms with Crippen molar-refractivity contribution in [2.75, 3.05) is 0 Å². The normalized spacial score (nSPS) is 8.00. The van der Waals surface area contributed by atoms with Gasteiger partial charge < -0.3 is 0 Å². The number of hydrogen-bond donors (Lipinski definition) is 2. The quantitative estimate of drug-likeness (QED) is 0.691. The number of carbonyl (C=O) groups is 2. The van der Waals surface area contributed by atoms with Crippen molar-refractivity contribution < 1.29 is 19.8 Å². The second kappa shape index (κ2) is 2.91. The molecule has 5 heteroatoms. The van der Waals surface area contributed by atoms with E-state index in [1.54, 1.807) is 0 Å². The van der Waals surface area contributed by atoms with Crippen LogP contribution in [0, 0.1) is 0 Å². The topological polar surface area (TPSA) is 74.6 Å². The van der Waals surface area contributed by atoms with Gasteiger partial charge in [-0.05, 0) is 0 Å². The van der Waals surface area contributed by atoms with Crippen LogP contribution >= 0.6 is 0 Å². The van der Waals surface area contributed by atoms with Gasteiger partial charge in [0.1, 0.15) is 0 Å². The zero-order valence-electron chi connectivity index (χ0n) is 3.21. The molecule has 0 rings (SSSR count). The molecule has 0 saturated heterocycles. The summed E-state index contributed by atoms with van der Waals surface area (Å²) in [6.45, 7) is 0. The molecule has 0 aliphatic carbocycles. The van der Waals surface area contributed by atoms with Crippen molar-refractivity contribution in [2.45, 2.75) is 0 Å². The molecule has 0 aromatic carbocycles. The summed E-state index contributed by atoms with van der Waals surface area (Å²) >= 11 is -2.32. The van der Waals surface area contributed by atoms with Gasteiger partial charge in [0.2, 0.25) is 0 Å². The Balaban J connectivity index is 3.32. The Morgan fingerprint density at radius 2 is 1.43 bits per heavy atom. The molecular formula is C2H3BiO4. The molecule has 0 fully saturated rings. The van der Waals surface area contributed by atoms with Gasteiger partial charge in [-0.1, -0.05) is 0 Å². The molecule has 0 spiro atoms. The van der Waals surface area contributed by atoms with Crippen LogP contribution in [0.4, 0.5) is 9.59 Å². The van der Waals surface area contributed by atoms with E-state index in [2.05, 4.69) is 0 Å². The maximum absolute atomic E-state index is 9.52. The summed E-state index contributed by atoms with van der Waals surface area (Å²) in [6.07, 6.45) is 0. The summed E-state index contributed by atoms with van der Waals surface area (Å²) < 4.78 is -2.24. The van der Waals surface area contributed by atoms with Crippen molar-refractivity contribution in [1.82, 2.24) is 0 Å². The minimum atomic E-state index is -2.32. The van der Waals surface area contributed by atoms with Crippen molar-refractivity contribution in [3.63, 3.8) is 0 Å². The summed E-state index contributed by atoms with van der Waals surface area (Å²) in [5.74, 6) is 0. The van der Waals surface area contributed by atoms with Gasteiger partial charge in [0.05, 0.1) is 0 Å². The summed E-state index contributed by atoms with van der Waals surface area (Å²) in [5, 5.41) is 15.6. The molecule has 0 bridgehead atoms. The minimum absolute atomic E-state index is 1.12. The molecule has 0 radical (unpaired) electrons. The van der Waals surface area contributed by atoms with Gasteiger partial charge in [0, 0.05) is 0 Å². The van der Waals surface area contributed by atoms with Crippen LogP contribution in [0.1, 0.15) is 0 Å². The monoisotopic (exact) mass is 300 g/mol. The van der Waals surface area contributed by atoms with Crippen molar-refractivity contribution >= 4 is 30.6 Å². The fourth-order valence-corrected chi connectivity index (χ4v) is 0.803. The summed E-state index contributed by atoms with van der Waals surface area (Å²) in [7, 11) is 0. The van der Waals surface area contributed by atoms with E-state index >= 15 is 0 Å². The molecule has 40 valence electrons. The van der Waals surface area contributed by atoms with Gasteiger partial charge in [-0.25, -0.2) is 0 Å². The van der Waals surface area contributed by atoms with Crippen molar-refractivity contribution in [2.24, 2.45) is 0 Å². The van der Waals surface area contributed by atoms with Gasteiger partial charge in [0.15, 0.2) is 0 Å². The Morgan fingerprint density at radius 1 is 1.14 bits per heavy atom. The third kappa shape index (κ3) is 5.82. The van der Waals surface area contributed by atoms with Crippen LogP contribution in [0.15, 0.2) is 0 Å². The molecule has 0 aromatic heterocycles. The predicted molar refractivity (Wildman–Crippen MR) is 23.2 cm³/mol. The van der Waals surface area contributed by atoms with Crippen molar-refractivity contribution in [3.8, 4) is 0 Å². The van der Waals surface area contributed by atoms with E-state index in [4.69, 9.17) is 10.2 Å². The van der Waals surface area contributed by atoms with Crippen LogP contribution < -0.4 is 0 Å². The van der Waals surface area contributed by atoms with E-state index in [9.17, 15) is 9.59 Å². The molecule has 0 amide bonds.